The van der Waals surface area contributed by atoms with E-state index in [1.807, 2.05) is 0 Å². The molecule has 28 heavy (non-hydrogen) atoms. The van der Waals surface area contributed by atoms with Crippen LogP contribution in [0.15, 0.2) is 42.5 Å². The van der Waals surface area contributed by atoms with Crippen molar-refractivity contribution in [2.24, 2.45) is 0 Å². The highest BCUT2D eigenvalue weighted by molar-refractivity contribution is 6.34. The second-order valence-electron chi connectivity index (χ2n) is 5.77. The summed E-state index contributed by atoms with van der Waals surface area (Å²) in [5.41, 5.74) is 0.266. The maximum atomic E-state index is 12.0. The molecule has 0 aromatic heterocycles. The van der Waals surface area contributed by atoms with Crippen LogP contribution in [0.2, 0.25) is 5.02 Å². The van der Waals surface area contributed by atoms with Gasteiger partial charge >= 0.3 is 5.97 Å². The lowest BCUT2D eigenvalue weighted by Crippen LogP contribution is -2.21. The Labute approximate surface area is 166 Å². The van der Waals surface area contributed by atoms with E-state index in [2.05, 4.69) is 12.2 Å². The molecule has 2 rings (SSSR count). The number of nitro benzene ring substituents is 1. The summed E-state index contributed by atoms with van der Waals surface area (Å²) in [5, 5.41) is 13.1. The predicted molar refractivity (Wildman–Crippen MR) is 104 cm³/mol. The van der Waals surface area contributed by atoms with Gasteiger partial charge in [0.1, 0.15) is 5.75 Å². The fraction of sp³-hybridized carbons (Fsp3) is 0.263. The second-order valence-corrected chi connectivity index (χ2v) is 6.18. The third-order valence-corrected chi connectivity index (χ3v) is 3.94. The summed E-state index contributed by atoms with van der Waals surface area (Å²) in [5.74, 6) is -0.635. The van der Waals surface area contributed by atoms with Gasteiger partial charge in [0.05, 0.1) is 27.8 Å². The molecule has 0 saturated heterocycles. The highest BCUT2D eigenvalue weighted by atomic mass is 35.5. The standard InChI is InChI=1S/C19H19ClN2O6/c1-2-3-10-27-15-7-4-13(5-8-15)19(24)28-12-18(23)21-17-9-6-14(22(25)26)11-16(17)20/h4-9,11H,2-3,10,12H2,1H3,(H,21,23). The number of nitrogens with one attached hydrogen (secondary N) is 1. The molecule has 2 aromatic rings. The number of amides is 1. The van der Waals surface area contributed by atoms with Crippen molar-refractivity contribution in [1.82, 2.24) is 0 Å². The summed E-state index contributed by atoms with van der Waals surface area (Å²) in [6.45, 7) is 2.14. The average Bonchev–Trinajstić information content (AvgIpc) is 2.68. The number of unbranched alkanes of at least 4 members (excludes halogenated alkanes) is 1. The molecule has 0 fully saturated rings. The van der Waals surface area contributed by atoms with Gasteiger partial charge in [-0.25, -0.2) is 4.79 Å². The Morgan fingerprint density at radius 3 is 2.50 bits per heavy atom. The number of rotatable bonds is 9. The van der Waals surface area contributed by atoms with Crippen LogP contribution in [0.5, 0.6) is 5.75 Å². The van der Waals surface area contributed by atoms with Gasteiger partial charge in [0.15, 0.2) is 6.61 Å². The largest absolute Gasteiger partial charge is 0.494 e. The zero-order valence-electron chi connectivity index (χ0n) is 15.1. The smallest absolute Gasteiger partial charge is 0.338 e. The van der Waals surface area contributed by atoms with Gasteiger partial charge in [0.2, 0.25) is 0 Å². The van der Waals surface area contributed by atoms with E-state index < -0.39 is 23.4 Å². The molecular weight excluding hydrogens is 388 g/mol. The van der Waals surface area contributed by atoms with Crippen LogP contribution in [-0.2, 0) is 9.53 Å². The molecule has 0 heterocycles. The number of nitro groups is 1. The summed E-state index contributed by atoms with van der Waals surface area (Å²) in [4.78, 5) is 34.0. The number of hydrogen-bond donors (Lipinski definition) is 1. The lowest BCUT2D eigenvalue weighted by molar-refractivity contribution is -0.384. The Kier molecular flexibility index (Phi) is 7.76. The molecule has 9 heteroatoms. The molecule has 2 aromatic carbocycles. The second kappa shape index (κ2) is 10.3. The van der Waals surface area contributed by atoms with Crippen LogP contribution >= 0.6 is 11.6 Å². The Morgan fingerprint density at radius 2 is 1.89 bits per heavy atom. The third kappa shape index (κ3) is 6.24. The molecular formula is C19H19ClN2O6. The van der Waals surface area contributed by atoms with Crippen LogP contribution in [-0.4, -0.2) is 30.0 Å². The van der Waals surface area contributed by atoms with Gasteiger partial charge in [0, 0.05) is 12.1 Å². The number of carbonyl (C=O) groups is 2. The van der Waals surface area contributed by atoms with Crippen molar-refractivity contribution in [3.8, 4) is 5.75 Å². The summed E-state index contributed by atoms with van der Waals surface area (Å²) in [6, 6.07) is 10.0. The van der Waals surface area contributed by atoms with Crippen LogP contribution in [0.3, 0.4) is 0 Å². The van der Waals surface area contributed by atoms with E-state index in [4.69, 9.17) is 21.1 Å². The fourth-order valence-electron chi connectivity index (χ4n) is 2.14. The average molecular weight is 407 g/mol. The molecule has 0 aliphatic rings. The number of esters is 1. The van der Waals surface area contributed by atoms with Crippen LogP contribution in [0, 0.1) is 10.1 Å². The van der Waals surface area contributed by atoms with Crippen molar-refractivity contribution >= 4 is 34.9 Å². The van der Waals surface area contributed by atoms with Crippen LogP contribution in [0.25, 0.3) is 0 Å². The summed E-state index contributed by atoms with van der Waals surface area (Å²) >= 11 is 5.90. The van der Waals surface area contributed by atoms with Crippen LogP contribution in [0.4, 0.5) is 11.4 Å². The molecule has 0 aliphatic carbocycles. The van der Waals surface area contributed by atoms with E-state index in [1.165, 1.54) is 12.1 Å². The quantitative estimate of drug-likeness (QED) is 0.289. The fourth-order valence-corrected chi connectivity index (χ4v) is 2.36. The Hall–Kier alpha value is -3.13. The van der Waals surface area contributed by atoms with Crippen molar-refractivity contribution in [1.29, 1.82) is 0 Å². The van der Waals surface area contributed by atoms with Gasteiger partial charge in [0.25, 0.3) is 11.6 Å². The van der Waals surface area contributed by atoms with E-state index in [9.17, 15) is 19.7 Å². The van der Waals surface area contributed by atoms with Crippen molar-refractivity contribution in [2.75, 3.05) is 18.5 Å². The van der Waals surface area contributed by atoms with Gasteiger partial charge in [-0.2, -0.15) is 0 Å². The van der Waals surface area contributed by atoms with Crippen molar-refractivity contribution in [2.45, 2.75) is 19.8 Å². The minimum atomic E-state index is -0.662. The maximum absolute atomic E-state index is 12.0. The van der Waals surface area contributed by atoms with Gasteiger partial charge in [-0.1, -0.05) is 24.9 Å². The number of benzene rings is 2. The number of ether oxygens (including phenoxy) is 2. The summed E-state index contributed by atoms with van der Waals surface area (Å²) in [6.07, 6.45) is 1.97. The van der Waals surface area contributed by atoms with Crippen molar-refractivity contribution in [3.05, 3.63) is 63.2 Å². The monoisotopic (exact) mass is 406 g/mol. The molecule has 0 spiro atoms. The summed E-state index contributed by atoms with van der Waals surface area (Å²) < 4.78 is 10.5. The van der Waals surface area contributed by atoms with Gasteiger partial charge in [-0.05, 0) is 36.8 Å². The Balaban J connectivity index is 1.85. The molecule has 0 bridgehead atoms. The molecule has 0 aliphatic heterocycles. The van der Waals surface area contributed by atoms with Crippen LogP contribution < -0.4 is 10.1 Å². The molecule has 0 saturated carbocycles. The minimum absolute atomic E-state index is 0.00698. The van der Waals surface area contributed by atoms with Gasteiger partial charge in [-0.15, -0.1) is 0 Å². The first-order valence-corrected chi connectivity index (χ1v) is 8.92. The topological polar surface area (TPSA) is 108 Å². The summed E-state index contributed by atoms with van der Waals surface area (Å²) in [7, 11) is 0. The number of hydrogen-bond acceptors (Lipinski definition) is 6. The van der Waals surface area contributed by atoms with Gasteiger partial charge in [-0.3, -0.25) is 14.9 Å². The van der Waals surface area contributed by atoms with Crippen molar-refractivity contribution in [3.63, 3.8) is 0 Å². The number of carbonyl (C=O) groups excluding carboxylic acids is 2. The lowest BCUT2D eigenvalue weighted by atomic mass is 10.2. The molecule has 8 nitrogen and oxygen atoms in total. The first-order chi connectivity index (χ1) is 13.4. The minimum Gasteiger partial charge on any atom is -0.494 e. The molecule has 0 unspecified atom stereocenters. The van der Waals surface area contributed by atoms with E-state index in [0.717, 1.165) is 18.9 Å². The number of anilines is 1. The number of non-ortho nitro benzene ring substituents is 1. The maximum Gasteiger partial charge on any atom is 0.338 e. The van der Waals surface area contributed by atoms with Crippen molar-refractivity contribution < 1.29 is 24.0 Å². The molecule has 148 valence electrons. The van der Waals surface area contributed by atoms with E-state index in [1.54, 1.807) is 24.3 Å². The van der Waals surface area contributed by atoms with Crippen LogP contribution in [0.1, 0.15) is 30.1 Å². The predicted octanol–water partition coefficient (Wildman–Crippen LogP) is 4.22. The van der Waals surface area contributed by atoms with E-state index in [0.29, 0.717) is 12.4 Å². The number of halogens is 1. The first-order valence-electron chi connectivity index (χ1n) is 8.54. The SMILES string of the molecule is CCCCOc1ccc(C(=O)OCC(=O)Nc2ccc([N+](=O)[O-])cc2Cl)cc1. The van der Waals surface area contributed by atoms with Gasteiger partial charge < -0.3 is 14.8 Å². The normalized spacial score (nSPS) is 10.2. The lowest BCUT2D eigenvalue weighted by Gasteiger charge is -2.09. The highest BCUT2D eigenvalue weighted by Crippen LogP contribution is 2.26. The molecule has 1 amide bonds. The third-order valence-electron chi connectivity index (χ3n) is 3.63. The highest BCUT2D eigenvalue weighted by Gasteiger charge is 2.14. The Morgan fingerprint density at radius 1 is 1.18 bits per heavy atom. The Bertz CT molecular complexity index is 854. The zero-order valence-corrected chi connectivity index (χ0v) is 15.9. The molecule has 1 N–H and O–H groups in total. The molecule has 0 radical (unpaired) electrons. The zero-order chi connectivity index (χ0) is 20.5. The first kappa shape index (κ1) is 21.2. The number of nitrogens with zero attached hydrogens (tertiary/aromatic N) is 1. The molecule has 0 atom stereocenters. The van der Waals surface area contributed by atoms with E-state index in [-0.39, 0.29) is 22.0 Å². The van der Waals surface area contributed by atoms with E-state index >= 15 is 0 Å².